The van der Waals surface area contributed by atoms with Gasteiger partial charge in [0.05, 0.1) is 12.5 Å². The van der Waals surface area contributed by atoms with Gasteiger partial charge in [0.2, 0.25) is 5.91 Å². The number of nitriles is 1. The molecule has 0 aliphatic heterocycles. The minimum Gasteiger partial charge on any atom is -0.355 e. The molecule has 0 radical (unpaired) electrons. The predicted octanol–water partition coefficient (Wildman–Crippen LogP) is 1.56. The first-order valence-electron chi connectivity index (χ1n) is 6.08. The molecule has 0 spiro atoms. The van der Waals surface area contributed by atoms with E-state index in [0.717, 1.165) is 25.7 Å². The fourth-order valence-corrected chi connectivity index (χ4v) is 1.76. The maximum atomic E-state index is 11.4. The van der Waals surface area contributed by atoms with Crippen LogP contribution in [-0.2, 0) is 4.79 Å². The highest BCUT2D eigenvalue weighted by Gasteiger charge is 2.09. The second kappa shape index (κ2) is 10.4. The van der Waals surface area contributed by atoms with E-state index in [2.05, 4.69) is 12.2 Å². The molecule has 0 aromatic heterocycles. The van der Waals surface area contributed by atoms with Gasteiger partial charge < -0.3 is 11.1 Å². The highest BCUT2D eigenvalue weighted by atomic mass is 16.1. The Labute approximate surface area is 98.2 Å². The van der Waals surface area contributed by atoms with Gasteiger partial charge in [-0.05, 0) is 25.3 Å². The van der Waals surface area contributed by atoms with Gasteiger partial charge in [0.25, 0.3) is 0 Å². The van der Waals surface area contributed by atoms with E-state index in [1.54, 1.807) is 0 Å². The van der Waals surface area contributed by atoms with E-state index in [1.165, 1.54) is 0 Å². The molecule has 0 aliphatic carbocycles. The summed E-state index contributed by atoms with van der Waals surface area (Å²) in [6, 6.07) is 2.00. The van der Waals surface area contributed by atoms with Crippen LogP contribution in [0.2, 0.25) is 0 Å². The highest BCUT2D eigenvalue weighted by Crippen LogP contribution is 2.16. The van der Waals surface area contributed by atoms with Crippen LogP contribution < -0.4 is 11.1 Å². The number of amides is 1. The molecule has 0 rings (SSSR count). The number of hydrogen-bond acceptors (Lipinski definition) is 3. The molecule has 0 saturated heterocycles. The average Bonchev–Trinajstić information content (AvgIpc) is 2.27. The summed E-state index contributed by atoms with van der Waals surface area (Å²) >= 11 is 0. The third-order valence-corrected chi connectivity index (χ3v) is 2.61. The van der Waals surface area contributed by atoms with Crippen molar-refractivity contribution in [3.63, 3.8) is 0 Å². The van der Waals surface area contributed by atoms with Crippen molar-refractivity contribution in [3.05, 3.63) is 0 Å². The minimum absolute atomic E-state index is 0.0494. The third-order valence-electron chi connectivity index (χ3n) is 2.61. The Morgan fingerprint density at radius 3 is 2.75 bits per heavy atom. The normalized spacial score (nSPS) is 11.8. The molecular formula is C12H23N3O. The molecule has 16 heavy (non-hydrogen) atoms. The second-order valence-corrected chi connectivity index (χ2v) is 4.03. The topological polar surface area (TPSA) is 78.9 Å². The van der Waals surface area contributed by atoms with E-state index in [0.29, 0.717) is 31.8 Å². The molecule has 0 heterocycles. The number of carbonyl (C=O) groups is 1. The summed E-state index contributed by atoms with van der Waals surface area (Å²) in [6.45, 7) is 3.31. The third kappa shape index (κ3) is 8.25. The van der Waals surface area contributed by atoms with Gasteiger partial charge in [-0.3, -0.25) is 4.79 Å². The lowest BCUT2D eigenvalue weighted by molar-refractivity contribution is -0.121. The van der Waals surface area contributed by atoms with Gasteiger partial charge in [-0.25, -0.2) is 0 Å². The standard InChI is InChI=1S/C12H23N3O/c1-2-4-11(7-9-14)5-6-12(16)15-10-3-8-13/h11H,2-7,9-10,14H2,1H3,(H,15,16). The van der Waals surface area contributed by atoms with Crippen molar-refractivity contribution in [2.75, 3.05) is 13.1 Å². The second-order valence-electron chi connectivity index (χ2n) is 4.03. The van der Waals surface area contributed by atoms with Crippen LogP contribution >= 0.6 is 0 Å². The lowest BCUT2D eigenvalue weighted by Gasteiger charge is -2.14. The molecule has 0 fully saturated rings. The molecule has 0 saturated carbocycles. The van der Waals surface area contributed by atoms with Gasteiger partial charge in [0.15, 0.2) is 0 Å². The van der Waals surface area contributed by atoms with Crippen molar-refractivity contribution in [1.29, 1.82) is 5.26 Å². The molecule has 92 valence electrons. The molecule has 0 bridgehead atoms. The fourth-order valence-electron chi connectivity index (χ4n) is 1.76. The first kappa shape index (κ1) is 14.9. The van der Waals surface area contributed by atoms with Crippen molar-refractivity contribution < 1.29 is 4.79 Å². The van der Waals surface area contributed by atoms with E-state index in [-0.39, 0.29) is 5.91 Å². The maximum absolute atomic E-state index is 11.4. The van der Waals surface area contributed by atoms with E-state index >= 15 is 0 Å². The van der Waals surface area contributed by atoms with Crippen molar-refractivity contribution >= 4 is 5.91 Å². The van der Waals surface area contributed by atoms with Crippen LogP contribution in [0.15, 0.2) is 0 Å². The van der Waals surface area contributed by atoms with Crippen LogP contribution in [0, 0.1) is 17.2 Å². The quantitative estimate of drug-likeness (QED) is 0.584. The van der Waals surface area contributed by atoms with E-state index in [4.69, 9.17) is 11.0 Å². The van der Waals surface area contributed by atoms with E-state index in [9.17, 15) is 4.79 Å². The highest BCUT2D eigenvalue weighted by molar-refractivity contribution is 5.75. The molecular weight excluding hydrogens is 202 g/mol. The molecule has 4 heteroatoms. The van der Waals surface area contributed by atoms with Gasteiger partial charge in [0, 0.05) is 13.0 Å². The van der Waals surface area contributed by atoms with Crippen LogP contribution in [0.1, 0.15) is 45.4 Å². The molecule has 0 aliphatic rings. The zero-order chi connectivity index (χ0) is 12.2. The lowest BCUT2D eigenvalue weighted by atomic mass is 9.94. The van der Waals surface area contributed by atoms with Crippen LogP contribution in [0.25, 0.3) is 0 Å². The van der Waals surface area contributed by atoms with Crippen LogP contribution in [0.4, 0.5) is 0 Å². The number of hydrogen-bond donors (Lipinski definition) is 2. The molecule has 4 nitrogen and oxygen atoms in total. The van der Waals surface area contributed by atoms with E-state index in [1.807, 2.05) is 6.07 Å². The predicted molar refractivity (Wildman–Crippen MR) is 64.5 cm³/mol. The number of nitrogens with two attached hydrogens (primary N) is 1. The van der Waals surface area contributed by atoms with Crippen LogP contribution in [0.3, 0.4) is 0 Å². The maximum Gasteiger partial charge on any atom is 0.220 e. The van der Waals surface area contributed by atoms with Crippen molar-refractivity contribution in [2.24, 2.45) is 11.7 Å². The summed E-state index contributed by atoms with van der Waals surface area (Å²) in [5.74, 6) is 0.616. The monoisotopic (exact) mass is 225 g/mol. The summed E-state index contributed by atoms with van der Waals surface area (Å²) in [6.07, 6.45) is 5.12. The summed E-state index contributed by atoms with van der Waals surface area (Å²) < 4.78 is 0. The molecule has 3 N–H and O–H groups in total. The Morgan fingerprint density at radius 1 is 1.44 bits per heavy atom. The van der Waals surface area contributed by atoms with Crippen molar-refractivity contribution in [3.8, 4) is 6.07 Å². The molecule has 1 unspecified atom stereocenters. The largest absolute Gasteiger partial charge is 0.355 e. The van der Waals surface area contributed by atoms with Gasteiger partial charge in [-0.2, -0.15) is 5.26 Å². The number of carbonyl (C=O) groups excluding carboxylic acids is 1. The van der Waals surface area contributed by atoms with Crippen molar-refractivity contribution in [1.82, 2.24) is 5.32 Å². The Balaban J connectivity index is 3.65. The summed E-state index contributed by atoms with van der Waals surface area (Å²) in [7, 11) is 0. The Hall–Kier alpha value is -1.08. The average molecular weight is 225 g/mol. The van der Waals surface area contributed by atoms with E-state index < -0.39 is 0 Å². The zero-order valence-electron chi connectivity index (χ0n) is 10.2. The van der Waals surface area contributed by atoms with Gasteiger partial charge in [-0.1, -0.05) is 19.8 Å². The summed E-state index contributed by atoms with van der Waals surface area (Å²) in [4.78, 5) is 11.4. The summed E-state index contributed by atoms with van der Waals surface area (Å²) in [5, 5.41) is 11.1. The van der Waals surface area contributed by atoms with Crippen LogP contribution in [-0.4, -0.2) is 19.0 Å². The first-order chi connectivity index (χ1) is 7.74. The number of rotatable bonds is 9. The SMILES string of the molecule is CCCC(CCN)CCC(=O)NCCC#N. The van der Waals surface area contributed by atoms with Crippen LogP contribution in [0.5, 0.6) is 0 Å². The smallest absolute Gasteiger partial charge is 0.220 e. The molecule has 1 amide bonds. The van der Waals surface area contributed by atoms with Gasteiger partial charge >= 0.3 is 0 Å². The lowest BCUT2D eigenvalue weighted by Crippen LogP contribution is -2.24. The number of nitrogens with one attached hydrogen (secondary N) is 1. The summed E-state index contributed by atoms with van der Waals surface area (Å²) in [5.41, 5.74) is 5.53. The van der Waals surface area contributed by atoms with Gasteiger partial charge in [-0.15, -0.1) is 0 Å². The number of nitrogens with zero attached hydrogens (tertiary/aromatic N) is 1. The van der Waals surface area contributed by atoms with Crippen molar-refractivity contribution in [2.45, 2.75) is 45.4 Å². The Bertz CT molecular complexity index is 217. The molecule has 0 aromatic rings. The Morgan fingerprint density at radius 2 is 2.19 bits per heavy atom. The van der Waals surface area contributed by atoms with Gasteiger partial charge in [0.1, 0.15) is 0 Å². The Kier molecular flexibility index (Phi) is 9.73. The first-order valence-corrected chi connectivity index (χ1v) is 6.08. The minimum atomic E-state index is 0.0494. The molecule has 0 aromatic carbocycles. The zero-order valence-corrected chi connectivity index (χ0v) is 10.2. The fraction of sp³-hybridized carbons (Fsp3) is 0.833. The molecule has 1 atom stereocenters.